The summed E-state index contributed by atoms with van der Waals surface area (Å²) >= 11 is 0. The Morgan fingerprint density at radius 1 is 1.14 bits per heavy atom. The summed E-state index contributed by atoms with van der Waals surface area (Å²) in [7, 11) is 0. The number of hydrogen-bond acceptors (Lipinski definition) is 6. The normalized spacial score (nSPS) is 10.3. The largest absolute Gasteiger partial charge is 0.464 e. The lowest BCUT2D eigenvalue weighted by molar-refractivity contribution is 0.112. The van der Waals surface area contributed by atoms with Gasteiger partial charge in [-0.25, -0.2) is 0 Å². The van der Waals surface area contributed by atoms with E-state index in [-0.39, 0.29) is 0 Å². The number of aromatic nitrogens is 3. The van der Waals surface area contributed by atoms with Gasteiger partial charge in [0.25, 0.3) is 0 Å². The third kappa shape index (κ3) is 4.25. The number of hydrogen-bond donors (Lipinski definition) is 1. The van der Waals surface area contributed by atoms with Crippen LogP contribution in [0.4, 0.5) is 5.95 Å². The Kier molecular flexibility index (Phi) is 5.82. The Balaban J connectivity index is 2.29. The molecule has 0 saturated heterocycles. The van der Waals surface area contributed by atoms with Crippen LogP contribution < -0.4 is 10.1 Å². The molecule has 0 radical (unpaired) electrons. The van der Waals surface area contributed by atoms with Crippen LogP contribution in [0.25, 0.3) is 11.4 Å². The Bertz CT molecular complexity index is 614. The molecule has 6 heteroatoms. The second kappa shape index (κ2) is 8.07. The lowest BCUT2D eigenvalue weighted by atomic mass is 10.1. The van der Waals surface area contributed by atoms with Crippen molar-refractivity contribution in [3.8, 4) is 17.4 Å². The number of nitrogens with zero attached hydrogens (tertiary/aromatic N) is 3. The van der Waals surface area contributed by atoms with Crippen molar-refractivity contribution in [1.29, 1.82) is 0 Å². The highest BCUT2D eigenvalue weighted by molar-refractivity contribution is 5.76. The molecule has 1 aromatic carbocycles. The zero-order valence-corrected chi connectivity index (χ0v) is 12.9. The van der Waals surface area contributed by atoms with Crippen LogP contribution in [0.5, 0.6) is 6.01 Å². The molecule has 0 aliphatic carbocycles. The molecule has 0 atom stereocenters. The molecule has 1 heterocycles. The molecule has 0 amide bonds. The van der Waals surface area contributed by atoms with Crippen LogP contribution in [0.2, 0.25) is 0 Å². The fourth-order valence-electron chi connectivity index (χ4n) is 1.85. The molecule has 116 valence electrons. The first-order valence-electron chi connectivity index (χ1n) is 7.45. The first kappa shape index (κ1) is 15.9. The summed E-state index contributed by atoms with van der Waals surface area (Å²) in [5, 5.41) is 3.18. The van der Waals surface area contributed by atoms with E-state index in [1.54, 1.807) is 12.1 Å². The van der Waals surface area contributed by atoms with E-state index < -0.39 is 0 Å². The molecule has 22 heavy (non-hydrogen) atoms. The number of carbonyl (C=O) groups excluding carboxylic acids is 1. The summed E-state index contributed by atoms with van der Waals surface area (Å²) in [5.41, 5.74) is 1.43. The minimum atomic E-state index is 0.297. The number of aldehydes is 1. The fraction of sp³-hybridized carbons (Fsp3) is 0.375. The molecule has 0 bridgehead atoms. The van der Waals surface area contributed by atoms with Crippen LogP contribution in [-0.4, -0.2) is 34.4 Å². The number of benzene rings is 1. The van der Waals surface area contributed by atoms with Crippen molar-refractivity contribution >= 4 is 12.2 Å². The van der Waals surface area contributed by atoms with Crippen LogP contribution in [0.15, 0.2) is 24.3 Å². The molecule has 0 aliphatic heterocycles. The molecule has 1 N–H and O–H groups in total. The minimum absolute atomic E-state index is 0.297. The first-order valence-corrected chi connectivity index (χ1v) is 7.45. The van der Waals surface area contributed by atoms with E-state index in [2.05, 4.69) is 27.2 Å². The zero-order chi connectivity index (χ0) is 15.8. The molecule has 0 aliphatic rings. The molecule has 0 unspecified atom stereocenters. The molecular formula is C16H20N4O2. The average molecular weight is 300 g/mol. The fourth-order valence-corrected chi connectivity index (χ4v) is 1.85. The Labute approximate surface area is 130 Å². The SMILES string of the molecule is CCCCNc1nc(OCC)nc(-c2ccc(C=O)cc2)n1. The maximum atomic E-state index is 10.7. The summed E-state index contributed by atoms with van der Waals surface area (Å²) in [6.07, 6.45) is 2.94. The molecule has 0 spiro atoms. The van der Waals surface area contributed by atoms with Crippen molar-refractivity contribution in [3.05, 3.63) is 29.8 Å². The van der Waals surface area contributed by atoms with Gasteiger partial charge in [0.05, 0.1) is 6.61 Å². The minimum Gasteiger partial charge on any atom is -0.464 e. The first-order chi connectivity index (χ1) is 10.8. The number of rotatable bonds is 8. The highest BCUT2D eigenvalue weighted by Gasteiger charge is 2.09. The van der Waals surface area contributed by atoms with E-state index in [9.17, 15) is 4.79 Å². The van der Waals surface area contributed by atoms with Crippen molar-refractivity contribution in [2.75, 3.05) is 18.5 Å². The lowest BCUT2D eigenvalue weighted by Crippen LogP contribution is -2.09. The monoisotopic (exact) mass is 300 g/mol. The summed E-state index contributed by atoms with van der Waals surface area (Å²) in [5.74, 6) is 1.02. The van der Waals surface area contributed by atoms with Crippen molar-refractivity contribution in [2.24, 2.45) is 0 Å². The van der Waals surface area contributed by atoms with Gasteiger partial charge in [0.15, 0.2) is 5.82 Å². The van der Waals surface area contributed by atoms with Crippen LogP contribution in [0, 0.1) is 0 Å². The van der Waals surface area contributed by atoms with Gasteiger partial charge in [-0.1, -0.05) is 37.6 Å². The van der Waals surface area contributed by atoms with Gasteiger partial charge in [-0.2, -0.15) is 15.0 Å². The second-order valence-electron chi connectivity index (χ2n) is 4.72. The smallest absolute Gasteiger partial charge is 0.321 e. The number of nitrogens with one attached hydrogen (secondary N) is 1. The number of ether oxygens (including phenoxy) is 1. The summed E-state index contributed by atoms with van der Waals surface area (Å²) in [6.45, 7) is 5.30. The molecule has 6 nitrogen and oxygen atoms in total. The number of carbonyl (C=O) groups is 1. The van der Waals surface area contributed by atoms with Crippen molar-refractivity contribution in [1.82, 2.24) is 15.0 Å². The topological polar surface area (TPSA) is 77.0 Å². The molecule has 1 aromatic heterocycles. The summed E-state index contributed by atoms with van der Waals surface area (Å²) in [4.78, 5) is 23.7. The predicted octanol–water partition coefficient (Wildman–Crippen LogP) is 2.96. The van der Waals surface area contributed by atoms with Gasteiger partial charge < -0.3 is 10.1 Å². The lowest BCUT2D eigenvalue weighted by Gasteiger charge is -2.09. The summed E-state index contributed by atoms with van der Waals surface area (Å²) < 4.78 is 5.40. The Morgan fingerprint density at radius 2 is 1.91 bits per heavy atom. The highest BCUT2D eigenvalue weighted by atomic mass is 16.5. The maximum Gasteiger partial charge on any atom is 0.321 e. The van der Waals surface area contributed by atoms with Crippen LogP contribution >= 0.6 is 0 Å². The number of unbranched alkanes of at least 4 members (excludes halogenated alkanes) is 1. The maximum absolute atomic E-state index is 10.7. The van der Waals surface area contributed by atoms with Gasteiger partial charge in [-0.3, -0.25) is 4.79 Å². The van der Waals surface area contributed by atoms with Gasteiger partial charge in [-0.15, -0.1) is 0 Å². The van der Waals surface area contributed by atoms with E-state index in [0.717, 1.165) is 31.2 Å². The third-order valence-corrected chi connectivity index (χ3v) is 3.01. The predicted molar refractivity (Wildman–Crippen MR) is 85.2 cm³/mol. The molecule has 0 fully saturated rings. The van der Waals surface area contributed by atoms with E-state index in [1.165, 1.54) is 0 Å². The number of anilines is 1. The molecule has 0 saturated carbocycles. The van der Waals surface area contributed by atoms with Crippen molar-refractivity contribution < 1.29 is 9.53 Å². The van der Waals surface area contributed by atoms with E-state index >= 15 is 0 Å². The standard InChI is InChI=1S/C16H20N4O2/c1-3-5-10-17-15-18-14(19-16(20-15)22-4-2)13-8-6-12(11-21)7-9-13/h6-9,11H,3-5,10H2,1-2H3,(H,17,18,19,20). The second-order valence-corrected chi connectivity index (χ2v) is 4.72. The van der Waals surface area contributed by atoms with Gasteiger partial charge in [0, 0.05) is 17.7 Å². The molecule has 2 aromatic rings. The van der Waals surface area contributed by atoms with E-state index in [0.29, 0.717) is 30.0 Å². The van der Waals surface area contributed by atoms with Gasteiger partial charge in [0.1, 0.15) is 6.29 Å². The average Bonchev–Trinajstić information content (AvgIpc) is 2.55. The molecular weight excluding hydrogens is 280 g/mol. The van der Waals surface area contributed by atoms with Crippen LogP contribution in [0.3, 0.4) is 0 Å². The van der Waals surface area contributed by atoms with Gasteiger partial charge in [-0.05, 0) is 13.3 Å². The molecule has 2 rings (SSSR count). The summed E-state index contributed by atoms with van der Waals surface area (Å²) in [6, 6.07) is 7.38. The Hall–Kier alpha value is -2.50. The quantitative estimate of drug-likeness (QED) is 0.596. The Morgan fingerprint density at radius 3 is 2.55 bits per heavy atom. The van der Waals surface area contributed by atoms with E-state index in [4.69, 9.17) is 4.74 Å². The van der Waals surface area contributed by atoms with Crippen molar-refractivity contribution in [3.63, 3.8) is 0 Å². The van der Waals surface area contributed by atoms with Crippen LogP contribution in [-0.2, 0) is 0 Å². The zero-order valence-electron chi connectivity index (χ0n) is 12.9. The van der Waals surface area contributed by atoms with Gasteiger partial charge in [0.2, 0.25) is 5.95 Å². The highest BCUT2D eigenvalue weighted by Crippen LogP contribution is 2.19. The van der Waals surface area contributed by atoms with E-state index in [1.807, 2.05) is 19.1 Å². The van der Waals surface area contributed by atoms with Crippen LogP contribution in [0.1, 0.15) is 37.0 Å². The van der Waals surface area contributed by atoms with Gasteiger partial charge >= 0.3 is 6.01 Å². The van der Waals surface area contributed by atoms with Crippen molar-refractivity contribution in [2.45, 2.75) is 26.7 Å². The third-order valence-electron chi connectivity index (χ3n) is 3.01.